The van der Waals surface area contributed by atoms with Gasteiger partial charge >= 0.3 is 5.97 Å². The van der Waals surface area contributed by atoms with E-state index in [2.05, 4.69) is 0 Å². The van der Waals surface area contributed by atoms with Crippen molar-refractivity contribution in [2.24, 2.45) is 0 Å². The minimum Gasteiger partial charge on any atom is -0.497 e. The highest BCUT2D eigenvalue weighted by Crippen LogP contribution is 2.39. The van der Waals surface area contributed by atoms with Gasteiger partial charge in [0.05, 0.1) is 29.7 Å². The number of hydrogen-bond donors (Lipinski definition) is 0. The normalized spacial score (nSPS) is 14.9. The maximum Gasteiger partial charge on any atom is 0.343 e. The third kappa shape index (κ3) is 4.61. The highest BCUT2D eigenvalue weighted by Gasteiger charge is 2.30. The molecule has 1 aliphatic heterocycles. The molecule has 1 heterocycles. The molecule has 0 aromatic heterocycles. The molecular formula is C21H18ClNO5S2. The third-order valence-electron chi connectivity index (χ3n) is 4.24. The molecule has 1 saturated heterocycles. The van der Waals surface area contributed by atoms with Crippen molar-refractivity contribution in [2.75, 3.05) is 20.8 Å². The number of carbonyl (C=O) groups is 2. The van der Waals surface area contributed by atoms with Crippen LogP contribution in [-0.4, -0.2) is 41.9 Å². The predicted octanol–water partition coefficient (Wildman–Crippen LogP) is 4.80. The van der Waals surface area contributed by atoms with Crippen LogP contribution in [0.2, 0.25) is 5.02 Å². The minimum absolute atomic E-state index is 0.0882. The fourth-order valence-corrected chi connectivity index (χ4v) is 4.39. The lowest BCUT2D eigenvalue weighted by atomic mass is 10.1. The third-order valence-corrected chi connectivity index (χ3v) is 5.90. The summed E-state index contributed by atoms with van der Waals surface area (Å²) in [5.41, 5.74) is 0.925. The Morgan fingerprint density at radius 3 is 2.63 bits per heavy atom. The summed E-state index contributed by atoms with van der Waals surface area (Å²) in [6, 6.07) is 9.81. The zero-order valence-electron chi connectivity index (χ0n) is 16.4. The first-order chi connectivity index (χ1) is 14.4. The van der Waals surface area contributed by atoms with E-state index >= 15 is 0 Å². The summed E-state index contributed by atoms with van der Waals surface area (Å²) in [5.74, 6) is 0.116. The average molecular weight is 464 g/mol. The molecular weight excluding hydrogens is 446 g/mol. The van der Waals surface area contributed by atoms with Gasteiger partial charge in [0.2, 0.25) is 0 Å². The number of halogens is 1. The number of methoxy groups -OCH3 is 2. The van der Waals surface area contributed by atoms with Crippen LogP contribution in [0.4, 0.5) is 0 Å². The summed E-state index contributed by atoms with van der Waals surface area (Å²) in [4.78, 5) is 27.0. The molecule has 0 bridgehead atoms. The van der Waals surface area contributed by atoms with Crippen molar-refractivity contribution in [3.05, 3.63) is 57.5 Å². The van der Waals surface area contributed by atoms with Crippen LogP contribution in [0.5, 0.6) is 17.2 Å². The monoisotopic (exact) mass is 463 g/mol. The molecule has 156 valence electrons. The van der Waals surface area contributed by atoms with Gasteiger partial charge in [-0.2, -0.15) is 0 Å². The molecule has 30 heavy (non-hydrogen) atoms. The quantitative estimate of drug-likeness (QED) is 0.264. The van der Waals surface area contributed by atoms with Gasteiger partial charge in [0.25, 0.3) is 5.91 Å². The molecule has 9 heteroatoms. The van der Waals surface area contributed by atoms with Gasteiger partial charge in [0, 0.05) is 6.54 Å². The Bertz CT molecular complexity index is 1050. The van der Waals surface area contributed by atoms with E-state index in [-0.39, 0.29) is 22.4 Å². The number of rotatable bonds is 6. The number of benzene rings is 2. The van der Waals surface area contributed by atoms with E-state index in [9.17, 15) is 9.59 Å². The largest absolute Gasteiger partial charge is 0.497 e. The van der Waals surface area contributed by atoms with Crippen molar-refractivity contribution >= 4 is 57.9 Å². The molecule has 0 aliphatic carbocycles. The second-order valence-electron chi connectivity index (χ2n) is 6.08. The number of likely N-dealkylation sites (N-methyl/N-ethyl adjacent to an activating group) is 1. The van der Waals surface area contributed by atoms with Crippen LogP contribution in [0.15, 0.2) is 41.3 Å². The number of carbonyl (C=O) groups excluding carboxylic acids is 2. The van der Waals surface area contributed by atoms with Crippen molar-refractivity contribution in [1.82, 2.24) is 4.90 Å². The Hall–Kier alpha value is -2.55. The van der Waals surface area contributed by atoms with Crippen LogP contribution in [0.1, 0.15) is 22.8 Å². The number of thioether (sulfide) groups is 1. The van der Waals surface area contributed by atoms with Crippen LogP contribution in [0.25, 0.3) is 6.08 Å². The number of esters is 1. The van der Waals surface area contributed by atoms with Crippen molar-refractivity contribution in [1.29, 1.82) is 0 Å². The van der Waals surface area contributed by atoms with E-state index in [1.54, 1.807) is 42.5 Å². The fraction of sp³-hybridized carbons (Fsp3) is 0.190. The molecule has 0 saturated carbocycles. The van der Waals surface area contributed by atoms with Gasteiger partial charge in [-0.05, 0) is 48.9 Å². The second-order valence-corrected chi connectivity index (χ2v) is 8.16. The number of amides is 1. The van der Waals surface area contributed by atoms with Crippen LogP contribution < -0.4 is 14.2 Å². The molecule has 1 fully saturated rings. The molecule has 3 rings (SSSR count). The van der Waals surface area contributed by atoms with Crippen LogP contribution in [0.3, 0.4) is 0 Å². The zero-order valence-corrected chi connectivity index (χ0v) is 18.8. The zero-order chi connectivity index (χ0) is 21.8. The van der Waals surface area contributed by atoms with Crippen molar-refractivity contribution in [3.63, 3.8) is 0 Å². The molecule has 1 amide bonds. The summed E-state index contributed by atoms with van der Waals surface area (Å²) < 4.78 is 16.5. The number of ether oxygens (including phenoxy) is 3. The lowest BCUT2D eigenvalue weighted by Gasteiger charge is -2.13. The van der Waals surface area contributed by atoms with E-state index in [0.717, 1.165) is 0 Å². The molecule has 0 radical (unpaired) electrons. The summed E-state index contributed by atoms with van der Waals surface area (Å²) in [6.07, 6.45) is 1.68. The molecule has 0 unspecified atom stereocenters. The smallest absolute Gasteiger partial charge is 0.343 e. The van der Waals surface area contributed by atoms with Crippen molar-refractivity contribution < 1.29 is 23.8 Å². The van der Waals surface area contributed by atoms with Crippen LogP contribution >= 0.6 is 35.6 Å². The summed E-state index contributed by atoms with van der Waals surface area (Å²) in [7, 11) is 2.95. The molecule has 1 aliphatic rings. The first kappa shape index (κ1) is 22.1. The topological polar surface area (TPSA) is 65.1 Å². The fourth-order valence-electron chi connectivity index (χ4n) is 2.75. The lowest BCUT2D eigenvalue weighted by Crippen LogP contribution is -2.27. The second kappa shape index (κ2) is 9.51. The molecule has 2 aromatic carbocycles. The number of thiocarbonyl (C=S) groups is 1. The first-order valence-electron chi connectivity index (χ1n) is 8.87. The van der Waals surface area contributed by atoms with Gasteiger partial charge in [0.15, 0.2) is 11.5 Å². The maximum atomic E-state index is 12.5. The molecule has 0 N–H and O–H groups in total. The maximum absolute atomic E-state index is 12.5. The number of nitrogens with zero attached hydrogens (tertiary/aromatic N) is 1. The lowest BCUT2D eigenvalue weighted by molar-refractivity contribution is -0.121. The van der Waals surface area contributed by atoms with Gasteiger partial charge < -0.3 is 14.2 Å². The van der Waals surface area contributed by atoms with E-state index in [1.165, 1.54) is 30.9 Å². The molecule has 2 aromatic rings. The van der Waals surface area contributed by atoms with Crippen LogP contribution in [0, 0.1) is 0 Å². The SMILES string of the molecule is CCN1C(=O)C(=Cc2cc(Cl)c(OC(=O)c3cccc(OC)c3)c(OC)c2)SC1=S. The Labute approximate surface area is 188 Å². The molecule has 6 nitrogen and oxygen atoms in total. The Morgan fingerprint density at radius 2 is 2.00 bits per heavy atom. The Kier molecular flexibility index (Phi) is 7.02. The highest BCUT2D eigenvalue weighted by molar-refractivity contribution is 8.26. The first-order valence-corrected chi connectivity index (χ1v) is 10.5. The van der Waals surface area contributed by atoms with Gasteiger partial charge in [0.1, 0.15) is 10.1 Å². The van der Waals surface area contributed by atoms with Gasteiger partial charge in [-0.25, -0.2) is 4.79 Å². The van der Waals surface area contributed by atoms with E-state index in [0.29, 0.717) is 32.6 Å². The van der Waals surface area contributed by atoms with E-state index < -0.39 is 5.97 Å². The van der Waals surface area contributed by atoms with E-state index in [1.807, 2.05) is 6.92 Å². The van der Waals surface area contributed by atoms with E-state index in [4.69, 9.17) is 38.0 Å². The molecule has 0 spiro atoms. The summed E-state index contributed by atoms with van der Waals surface area (Å²) >= 11 is 12.8. The van der Waals surface area contributed by atoms with Crippen molar-refractivity contribution in [3.8, 4) is 17.2 Å². The summed E-state index contributed by atoms with van der Waals surface area (Å²) in [5, 5.41) is 0.169. The van der Waals surface area contributed by atoms with Gasteiger partial charge in [-0.1, -0.05) is 41.6 Å². The summed E-state index contributed by atoms with van der Waals surface area (Å²) in [6.45, 7) is 2.37. The van der Waals surface area contributed by atoms with Crippen molar-refractivity contribution in [2.45, 2.75) is 6.92 Å². The Morgan fingerprint density at radius 1 is 1.23 bits per heavy atom. The van der Waals surface area contributed by atoms with Crippen LogP contribution in [-0.2, 0) is 4.79 Å². The Balaban J connectivity index is 1.89. The van der Waals surface area contributed by atoms with Gasteiger partial charge in [-0.3, -0.25) is 9.69 Å². The standard InChI is InChI=1S/C21H18ClNO5S2/c1-4-23-19(24)17(30-21(23)29)10-12-8-15(22)18(16(9-12)27-3)28-20(25)13-6-5-7-14(11-13)26-2/h5-11H,4H2,1-3H3. The minimum atomic E-state index is -0.606. The average Bonchev–Trinajstić information content (AvgIpc) is 3.01. The number of hydrogen-bond acceptors (Lipinski definition) is 7. The van der Waals surface area contributed by atoms with Gasteiger partial charge in [-0.15, -0.1) is 0 Å². The predicted molar refractivity (Wildman–Crippen MR) is 122 cm³/mol. The highest BCUT2D eigenvalue weighted by atomic mass is 35.5. The molecule has 0 atom stereocenters.